The van der Waals surface area contributed by atoms with Crippen molar-refractivity contribution in [2.75, 3.05) is 27.8 Å². The Morgan fingerprint density at radius 3 is 1.63 bits per heavy atom. The van der Waals surface area contributed by atoms with Gasteiger partial charge in [-0.1, -0.05) is 0 Å². The standard InChI is InChI=1S/C27H39N2.C19H16N2O5.ClH.Ru/c1-18(2)22-11-9-12-23(19(3)4)26(22)28-15-16-29(17-28)27-24(20(5)6)13-10-14-25(27)21(7)8;1-11(2)16-19(23)20(15-6-4-5-12(3)17(15)26-16)18(22)13-7-9-14(10-8-13)21(24)25;;/h9-14,17-21H,15-16H2,1-8H3;3-11,16H,1-2H3;1H;/q;;;+1/p-1. The van der Waals surface area contributed by atoms with Crippen molar-refractivity contribution in [3.8, 4) is 5.75 Å². The number of rotatable bonds is 11. The maximum atomic E-state index is 14.2. The van der Waals surface area contributed by atoms with E-state index >= 15 is 0 Å². The number of halogens is 1. The third kappa shape index (κ3) is 8.18. The molecular weight excluding hydrogens is 825 g/mol. The van der Waals surface area contributed by atoms with Crippen molar-refractivity contribution < 1.29 is 33.8 Å². The van der Waals surface area contributed by atoms with E-state index in [2.05, 4.69) is 106 Å². The number of nitrogens with zero attached hydrogens (tertiary/aromatic N) is 4. The van der Waals surface area contributed by atoms with E-state index in [0.717, 1.165) is 18.7 Å². The molecule has 1 unspecified atom stereocenters. The van der Waals surface area contributed by atoms with Gasteiger partial charge in [-0.15, -0.1) is 0 Å². The number of carbonyl (C=O) groups is 2. The number of hydrogen-bond acceptors (Lipinski definition) is 7. The number of hydrogen-bond donors (Lipinski definition) is 0. The molecule has 1 atom stereocenters. The predicted octanol–water partition coefficient (Wildman–Crippen LogP) is 10.9. The maximum absolute atomic E-state index is 14.2. The first-order chi connectivity index (χ1) is 27.0. The first kappa shape index (κ1) is 42.2. The van der Waals surface area contributed by atoms with Crippen LogP contribution in [-0.4, -0.2) is 45.3 Å². The summed E-state index contributed by atoms with van der Waals surface area (Å²) in [4.78, 5) is 45.3. The van der Waals surface area contributed by atoms with Crippen molar-refractivity contribution in [2.24, 2.45) is 5.92 Å². The molecule has 0 aromatic heterocycles. The molecule has 57 heavy (non-hydrogen) atoms. The van der Waals surface area contributed by atoms with Crippen LogP contribution >= 0.6 is 9.69 Å². The molecule has 0 spiro atoms. The molecular formula is C46H55ClN4O5Ru. The summed E-state index contributed by atoms with van der Waals surface area (Å²) >= 11 is -2.57. The van der Waals surface area contributed by atoms with Gasteiger partial charge in [-0.2, -0.15) is 0 Å². The van der Waals surface area contributed by atoms with Crippen molar-refractivity contribution >= 4 is 48.9 Å². The van der Waals surface area contributed by atoms with Crippen molar-refractivity contribution in [3.63, 3.8) is 0 Å². The molecule has 0 N–H and O–H groups in total. The van der Waals surface area contributed by atoms with Gasteiger partial charge in [0, 0.05) is 0 Å². The first-order valence-corrected chi connectivity index (χ1v) is 24.1. The molecule has 9 nitrogen and oxygen atoms in total. The molecule has 1 saturated heterocycles. The van der Waals surface area contributed by atoms with Crippen LogP contribution in [0.25, 0.3) is 0 Å². The fraction of sp³-hybridized carbons (Fsp3) is 0.413. The average molecular weight is 880 g/mol. The number of para-hydroxylation sites is 3. The van der Waals surface area contributed by atoms with Gasteiger partial charge in [0.2, 0.25) is 0 Å². The van der Waals surface area contributed by atoms with Crippen LogP contribution in [0.2, 0.25) is 0 Å². The van der Waals surface area contributed by atoms with E-state index in [1.165, 1.54) is 62.8 Å². The normalized spacial score (nSPS) is 17.1. The van der Waals surface area contributed by atoms with E-state index in [-0.39, 0.29) is 21.9 Å². The molecule has 0 radical (unpaired) electrons. The monoisotopic (exact) mass is 880 g/mol. The molecule has 0 aliphatic carbocycles. The summed E-state index contributed by atoms with van der Waals surface area (Å²) in [5.41, 5.74) is 8.79. The molecule has 4 aromatic carbocycles. The fourth-order valence-corrected chi connectivity index (χ4v) is 12.5. The Morgan fingerprint density at radius 1 is 0.754 bits per heavy atom. The minimum atomic E-state index is -2.57. The van der Waals surface area contributed by atoms with Crippen LogP contribution in [0, 0.1) is 16.0 Å². The zero-order chi connectivity index (χ0) is 41.5. The summed E-state index contributed by atoms with van der Waals surface area (Å²) in [5, 5.41) is 11.3. The summed E-state index contributed by atoms with van der Waals surface area (Å²) in [5.74, 6) is 0.294. The van der Waals surface area contributed by atoms with E-state index in [9.17, 15) is 19.7 Å². The number of imide groups is 1. The Labute approximate surface area is 346 Å². The number of carbonyl (C=O) groups excluding carboxylic acids is 2. The van der Waals surface area contributed by atoms with E-state index < -0.39 is 37.4 Å². The molecule has 6 rings (SSSR count). The van der Waals surface area contributed by atoms with Gasteiger partial charge < -0.3 is 0 Å². The van der Waals surface area contributed by atoms with Crippen molar-refractivity contribution in [3.05, 3.63) is 122 Å². The second-order valence-electron chi connectivity index (χ2n) is 16.5. The number of non-ortho nitro benzene ring substituents is 1. The summed E-state index contributed by atoms with van der Waals surface area (Å²) in [6.45, 7) is 23.4. The van der Waals surface area contributed by atoms with Gasteiger partial charge in [-0.25, -0.2) is 0 Å². The van der Waals surface area contributed by atoms with Crippen LogP contribution in [0.1, 0.15) is 131 Å². The number of nitro benzene ring substituents is 1. The molecule has 1 fully saturated rings. The van der Waals surface area contributed by atoms with Crippen molar-refractivity contribution in [1.82, 2.24) is 0 Å². The molecule has 2 aliphatic heterocycles. The van der Waals surface area contributed by atoms with Crippen molar-refractivity contribution in [2.45, 2.75) is 104 Å². The number of amides is 2. The summed E-state index contributed by atoms with van der Waals surface area (Å²) in [7, 11) is 7.99. The Kier molecular flexibility index (Phi) is 12.8. The molecule has 0 saturated carbocycles. The Balaban J connectivity index is 1.56. The van der Waals surface area contributed by atoms with Gasteiger partial charge in [0.25, 0.3) is 0 Å². The fourth-order valence-electron chi connectivity index (χ4n) is 7.91. The Morgan fingerprint density at radius 2 is 1.21 bits per heavy atom. The SMILES string of the molecule is CC(C)c1cccc(C(C)C)c1N1CCN(c2c(C(C)C)cccc2C(C)C)[CH]1[Ru]([Cl])=[CH]c1cccc2c1OC(C(C)C)C(=O)N2C(=O)c1ccc([N+](=O)[O-])cc1. The summed E-state index contributed by atoms with van der Waals surface area (Å²) < 4.78 is 8.56. The minimum absolute atomic E-state index is 0.140. The van der Waals surface area contributed by atoms with Crippen LogP contribution in [0.3, 0.4) is 0 Å². The third-order valence-electron chi connectivity index (χ3n) is 10.8. The number of anilines is 3. The molecule has 4 aromatic rings. The zero-order valence-corrected chi connectivity index (χ0v) is 37.1. The molecule has 0 bridgehead atoms. The Bertz CT molecular complexity index is 2080. The number of benzene rings is 4. The van der Waals surface area contributed by atoms with E-state index in [1.54, 1.807) is 6.07 Å². The van der Waals surface area contributed by atoms with Gasteiger partial charge in [0.15, 0.2) is 0 Å². The second kappa shape index (κ2) is 17.2. The van der Waals surface area contributed by atoms with Crippen LogP contribution in [0.5, 0.6) is 5.75 Å². The van der Waals surface area contributed by atoms with E-state index in [1.807, 2.05) is 26.0 Å². The van der Waals surface area contributed by atoms with Gasteiger partial charge in [0.1, 0.15) is 0 Å². The summed E-state index contributed by atoms with van der Waals surface area (Å²) in [6, 6.07) is 24.2. The average Bonchev–Trinajstić information content (AvgIpc) is 3.61. The Hall–Kier alpha value is -4.40. The van der Waals surface area contributed by atoms with Gasteiger partial charge in [-0.3, -0.25) is 0 Å². The van der Waals surface area contributed by atoms with Crippen LogP contribution in [0.15, 0.2) is 78.9 Å². The van der Waals surface area contributed by atoms with Crippen LogP contribution < -0.4 is 19.4 Å². The molecule has 2 amide bonds. The topological polar surface area (TPSA) is 96.2 Å². The summed E-state index contributed by atoms with van der Waals surface area (Å²) in [6.07, 6.45) is -0.928. The van der Waals surface area contributed by atoms with Crippen molar-refractivity contribution in [1.29, 1.82) is 0 Å². The number of fused-ring (bicyclic) bond motifs is 1. The zero-order valence-electron chi connectivity index (χ0n) is 34.6. The molecule has 304 valence electrons. The van der Waals surface area contributed by atoms with E-state index in [0.29, 0.717) is 35.1 Å². The van der Waals surface area contributed by atoms with Gasteiger partial charge >= 0.3 is 348 Å². The molecule has 11 heteroatoms. The number of ether oxygens (including phenoxy) is 1. The molecule has 2 heterocycles. The van der Waals surface area contributed by atoms with Crippen LogP contribution in [-0.2, 0) is 19.3 Å². The predicted molar refractivity (Wildman–Crippen MR) is 229 cm³/mol. The van der Waals surface area contributed by atoms with Gasteiger partial charge in [-0.05, 0) is 0 Å². The number of nitro groups is 1. The second-order valence-corrected chi connectivity index (χ2v) is 21.1. The quantitative estimate of drug-likeness (QED) is 0.0641. The van der Waals surface area contributed by atoms with E-state index in [4.69, 9.17) is 14.4 Å². The van der Waals surface area contributed by atoms with Gasteiger partial charge in [0.05, 0.1) is 0 Å². The third-order valence-corrected chi connectivity index (χ3v) is 15.1. The molecule has 2 aliphatic rings. The first-order valence-electron chi connectivity index (χ1n) is 19.9. The van der Waals surface area contributed by atoms with Crippen LogP contribution in [0.4, 0.5) is 22.7 Å².